The van der Waals surface area contributed by atoms with Crippen LogP contribution in [0.4, 0.5) is 14.9 Å². The smallest absolute Gasteiger partial charge is 0.414 e. The first-order valence-corrected chi connectivity index (χ1v) is 9.28. The van der Waals surface area contributed by atoms with Gasteiger partial charge in [0.25, 0.3) is 0 Å². The van der Waals surface area contributed by atoms with E-state index in [0.717, 1.165) is 0 Å². The lowest BCUT2D eigenvalue weighted by Gasteiger charge is -2.14. The molecule has 27 heavy (non-hydrogen) atoms. The fourth-order valence-electron chi connectivity index (χ4n) is 3.18. The summed E-state index contributed by atoms with van der Waals surface area (Å²) >= 11 is 3.48. The Balaban J connectivity index is 1.94. The molecule has 0 bridgehead atoms. The number of halogens is 2. The van der Waals surface area contributed by atoms with Crippen molar-refractivity contribution >= 4 is 44.5 Å². The van der Waals surface area contributed by atoms with Crippen molar-refractivity contribution in [3.05, 3.63) is 52.3 Å². The molecule has 2 heterocycles. The van der Waals surface area contributed by atoms with Crippen molar-refractivity contribution in [2.75, 3.05) is 18.1 Å². The van der Waals surface area contributed by atoms with Gasteiger partial charge in [0.15, 0.2) is 5.78 Å². The average Bonchev–Trinajstić information content (AvgIpc) is 3.24. The minimum atomic E-state index is -0.426. The predicted octanol–water partition coefficient (Wildman–Crippen LogP) is 5.55. The molecule has 0 atom stereocenters. The van der Waals surface area contributed by atoms with E-state index in [9.17, 15) is 14.0 Å². The van der Waals surface area contributed by atoms with Gasteiger partial charge in [-0.1, -0.05) is 6.92 Å². The maximum Gasteiger partial charge on any atom is 0.414 e. The number of fused-ring (bicyclic) bond motifs is 1. The van der Waals surface area contributed by atoms with E-state index in [-0.39, 0.29) is 11.6 Å². The lowest BCUT2D eigenvalue weighted by atomic mass is 10.0. The van der Waals surface area contributed by atoms with Crippen molar-refractivity contribution in [2.45, 2.75) is 13.3 Å². The van der Waals surface area contributed by atoms with E-state index in [4.69, 9.17) is 9.15 Å². The van der Waals surface area contributed by atoms with E-state index < -0.39 is 6.09 Å². The van der Waals surface area contributed by atoms with Gasteiger partial charge in [-0.3, -0.25) is 9.69 Å². The van der Waals surface area contributed by atoms with Crippen molar-refractivity contribution in [3.8, 4) is 11.3 Å². The van der Waals surface area contributed by atoms with Crippen LogP contribution in [0.2, 0.25) is 0 Å². The number of anilines is 1. The van der Waals surface area contributed by atoms with Gasteiger partial charge in [0.1, 0.15) is 23.8 Å². The predicted molar refractivity (Wildman–Crippen MR) is 103 cm³/mol. The zero-order valence-corrected chi connectivity index (χ0v) is 16.0. The van der Waals surface area contributed by atoms with Crippen LogP contribution in [-0.4, -0.2) is 25.0 Å². The summed E-state index contributed by atoms with van der Waals surface area (Å²) in [4.78, 5) is 26.0. The number of nitrogens with zero attached hydrogens (tertiary/aromatic N) is 1. The molecule has 1 aromatic heterocycles. The summed E-state index contributed by atoms with van der Waals surface area (Å²) in [5, 5.41) is 0.643. The Labute approximate surface area is 162 Å². The molecule has 1 amide bonds. The van der Waals surface area contributed by atoms with Crippen molar-refractivity contribution in [1.82, 2.24) is 0 Å². The summed E-state index contributed by atoms with van der Waals surface area (Å²) in [7, 11) is 0. The van der Waals surface area contributed by atoms with Crippen molar-refractivity contribution in [1.29, 1.82) is 0 Å². The van der Waals surface area contributed by atoms with Gasteiger partial charge in [-0.2, -0.15) is 0 Å². The number of ketones is 1. The second kappa shape index (κ2) is 6.81. The number of hydrogen-bond acceptors (Lipinski definition) is 4. The molecule has 1 aliphatic heterocycles. The lowest BCUT2D eigenvalue weighted by molar-refractivity contribution is 0.0989. The summed E-state index contributed by atoms with van der Waals surface area (Å²) in [5.41, 5.74) is 2.15. The average molecular weight is 432 g/mol. The number of carbonyl (C=O) groups excluding carboxylic acids is 2. The second-order valence-electron chi connectivity index (χ2n) is 6.16. The number of benzene rings is 2. The number of cyclic esters (lactones) is 1. The quantitative estimate of drug-likeness (QED) is 0.508. The third kappa shape index (κ3) is 3.02. The van der Waals surface area contributed by atoms with E-state index in [0.29, 0.717) is 57.6 Å². The number of Topliss-reactive ketones (excluding diaryl/α,β-unsaturated/α-hetero) is 1. The highest BCUT2D eigenvalue weighted by molar-refractivity contribution is 9.10. The van der Waals surface area contributed by atoms with Crippen LogP contribution in [0.25, 0.3) is 22.3 Å². The second-order valence-corrected chi connectivity index (χ2v) is 7.01. The summed E-state index contributed by atoms with van der Waals surface area (Å²) in [5.74, 6) is -0.0472. The molecule has 1 saturated heterocycles. The minimum absolute atomic E-state index is 0.0756. The SMILES string of the molecule is CCC(=O)c1c(-c2ccc(F)cc2)oc2cc(N3CCOC3=O)c(Br)cc12. The minimum Gasteiger partial charge on any atom is -0.455 e. The van der Waals surface area contributed by atoms with Crippen molar-refractivity contribution < 1.29 is 23.1 Å². The zero-order valence-electron chi connectivity index (χ0n) is 14.4. The first-order valence-electron chi connectivity index (χ1n) is 8.49. The Morgan fingerprint density at radius 3 is 2.63 bits per heavy atom. The first kappa shape index (κ1) is 17.7. The van der Waals surface area contributed by atoms with E-state index in [1.165, 1.54) is 17.0 Å². The van der Waals surface area contributed by atoms with Gasteiger partial charge < -0.3 is 9.15 Å². The number of furan rings is 1. The Hall–Kier alpha value is -2.67. The van der Waals surface area contributed by atoms with Gasteiger partial charge in [-0.25, -0.2) is 9.18 Å². The van der Waals surface area contributed by atoms with E-state index in [2.05, 4.69) is 15.9 Å². The van der Waals surface area contributed by atoms with Gasteiger partial charge in [0, 0.05) is 27.9 Å². The largest absolute Gasteiger partial charge is 0.455 e. The maximum atomic E-state index is 13.3. The molecule has 0 spiro atoms. The van der Waals surface area contributed by atoms with Gasteiger partial charge >= 0.3 is 6.09 Å². The Kier molecular flexibility index (Phi) is 4.47. The van der Waals surface area contributed by atoms with Crippen LogP contribution in [-0.2, 0) is 4.74 Å². The molecule has 2 aromatic carbocycles. The van der Waals surface area contributed by atoms with Crippen LogP contribution >= 0.6 is 15.9 Å². The van der Waals surface area contributed by atoms with Crippen LogP contribution in [0.5, 0.6) is 0 Å². The molecule has 4 rings (SSSR count). The zero-order chi connectivity index (χ0) is 19.1. The fraction of sp³-hybridized carbons (Fsp3) is 0.200. The van der Waals surface area contributed by atoms with Gasteiger partial charge in [-0.05, 0) is 46.3 Å². The molecule has 0 saturated carbocycles. The number of ether oxygens (including phenoxy) is 1. The Morgan fingerprint density at radius 2 is 2.00 bits per heavy atom. The molecule has 5 nitrogen and oxygen atoms in total. The van der Waals surface area contributed by atoms with E-state index >= 15 is 0 Å². The number of hydrogen-bond donors (Lipinski definition) is 0. The van der Waals surface area contributed by atoms with E-state index in [1.807, 2.05) is 0 Å². The standard InChI is InChI=1S/C20H15BrFNO4/c1-2-16(24)18-13-9-14(21)15(23-7-8-26-20(23)25)10-17(13)27-19(18)11-3-5-12(22)6-4-11/h3-6,9-10H,2,7-8H2,1H3. The monoisotopic (exact) mass is 431 g/mol. The van der Waals surface area contributed by atoms with Crippen LogP contribution in [0.3, 0.4) is 0 Å². The topological polar surface area (TPSA) is 59.8 Å². The Bertz CT molecular complexity index is 1060. The highest BCUT2D eigenvalue weighted by Crippen LogP contribution is 2.40. The third-order valence-electron chi connectivity index (χ3n) is 4.52. The Morgan fingerprint density at radius 1 is 1.26 bits per heavy atom. The molecule has 0 radical (unpaired) electrons. The van der Waals surface area contributed by atoms with Crippen molar-refractivity contribution in [3.63, 3.8) is 0 Å². The van der Waals surface area contributed by atoms with Gasteiger partial charge in [-0.15, -0.1) is 0 Å². The maximum absolute atomic E-state index is 13.3. The van der Waals surface area contributed by atoms with Crippen molar-refractivity contribution in [2.24, 2.45) is 0 Å². The van der Waals surface area contributed by atoms with E-state index in [1.54, 1.807) is 31.2 Å². The molecular formula is C20H15BrFNO4. The van der Waals surface area contributed by atoms with Gasteiger partial charge in [0.2, 0.25) is 0 Å². The molecular weight excluding hydrogens is 417 g/mol. The van der Waals surface area contributed by atoms with Crippen LogP contribution < -0.4 is 4.90 Å². The van der Waals surface area contributed by atoms with Crippen LogP contribution in [0.15, 0.2) is 45.3 Å². The van der Waals surface area contributed by atoms with Gasteiger partial charge in [0.05, 0.1) is 17.8 Å². The highest BCUT2D eigenvalue weighted by Gasteiger charge is 2.28. The summed E-state index contributed by atoms with van der Waals surface area (Å²) in [6.07, 6.45) is -0.120. The molecule has 0 aliphatic carbocycles. The third-order valence-corrected chi connectivity index (χ3v) is 5.15. The molecule has 7 heteroatoms. The summed E-state index contributed by atoms with van der Waals surface area (Å²) < 4.78 is 24.9. The molecule has 3 aromatic rings. The summed E-state index contributed by atoms with van der Waals surface area (Å²) in [6.45, 7) is 2.54. The summed E-state index contributed by atoms with van der Waals surface area (Å²) in [6, 6.07) is 9.29. The lowest BCUT2D eigenvalue weighted by Crippen LogP contribution is -2.23. The highest BCUT2D eigenvalue weighted by atomic mass is 79.9. The van der Waals surface area contributed by atoms with Crippen LogP contribution in [0.1, 0.15) is 23.7 Å². The molecule has 0 unspecified atom stereocenters. The number of rotatable bonds is 4. The van der Waals surface area contributed by atoms with Crippen LogP contribution in [0, 0.1) is 5.82 Å². The molecule has 1 aliphatic rings. The number of carbonyl (C=O) groups is 2. The first-order chi connectivity index (χ1) is 13.0. The number of amides is 1. The normalized spacial score (nSPS) is 14.0. The molecule has 0 N–H and O–H groups in total. The molecule has 138 valence electrons. The molecule has 1 fully saturated rings. The fourth-order valence-corrected chi connectivity index (χ4v) is 3.74.